The summed E-state index contributed by atoms with van der Waals surface area (Å²) in [5.41, 5.74) is 7.97. The van der Waals surface area contributed by atoms with E-state index >= 15 is 0 Å². The van der Waals surface area contributed by atoms with Crippen LogP contribution in [0.4, 0.5) is 0 Å². The van der Waals surface area contributed by atoms with Gasteiger partial charge in [0.15, 0.2) is 0 Å². The Morgan fingerprint density at radius 3 is 2.71 bits per heavy atom. The lowest BCUT2D eigenvalue weighted by atomic mass is 9.69. The number of hydrogen-bond donors (Lipinski definition) is 1. The number of para-hydroxylation sites is 1. The minimum atomic E-state index is 0.0489. The van der Waals surface area contributed by atoms with Crippen LogP contribution in [0.3, 0.4) is 0 Å². The Morgan fingerprint density at radius 1 is 1.29 bits per heavy atom. The average Bonchev–Trinajstić information content (AvgIpc) is 3.08. The molecule has 3 rings (SSSR count). The maximum atomic E-state index is 6.42. The molecule has 1 aromatic rings. The Morgan fingerprint density at radius 2 is 2.00 bits per heavy atom. The van der Waals surface area contributed by atoms with Crippen molar-refractivity contribution >= 4 is 0 Å². The van der Waals surface area contributed by atoms with Gasteiger partial charge >= 0.3 is 0 Å². The third-order valence-corrected chi connectivity index (χ3v) is 4.97. The van der Waals surface area contributed by atoms with Crippen molar-refractivity contribution in [2.75, 3.05) is 6.61 Å². The monoisotopic (exact) mass is 231 g/mol. The molecule has 2 aliphatic rings. The first-order valence-corrected chi connectivity index (χ1v) is 6.52. The van der Waals surface area contributed by atoms with Crippen LogP contribution < -0.4 is 10.5 Å². The topological polar surface area (TPSA) is 35.2 Å². The Labute approximate surface area is 103 Å². The maximum Gasteiger partial charge on any atom is 0.122 e. The van der Waals surface area contributed by atoms with Gasteiger partial charge in [-0.05, 0) is 36.3 Å². The molecule has 0 radical (unpaired) electrons. The van der Waals surface area contributed by atoms with E-state index in [0.29, 0.717) is 5.92 Å². The summed E-state index contributed by atoms with van der Waals surface area (Å²) in [7, 11) is 0. The number of nitrogens with two attached hydrogens (primary N) is 1. The van der Waals surface area contributed by atoms with Gasteiger partial charge in [-0.2, -0.15) is 0 Å². The van der Waals surface area contributed by atoms with E-state index in [0.717, 1.165) is 31.6 Å². The smallest absolute Gasteiger partial charge is 0.122 e. The van der Waals surface area contributed by atoms with Crippen LogP contribution in [0.5, 0.6) is 5.75 Å². The summed E-state index contributed by atoms with van der Waals surface area (Å²) >= 11 is 0. The van der Waals surface area contributed by atoms with Crippen molar-refractivity contribution in [1.29, 1.82) is 0 Å². The fourth-order valence-electron chi connectivity index (χ4n) is 2.98. The molecule has 0 amide bonds. The van der Waals surface area contributed by atoms with Crippen molar-refractivity contribution in [2.24, 2.45) is 17.1 Å². The van der Waals surface area contributed by atoms with Gasteiger partial charge in [-0.1, -0.05) is 32.0 Å². The van der Waals surface area contributed by atoms with Gasteiger partial charge in [0.05, 0.1) is 6.61 Å². The summed E-state index contributed by atoms with van der Waals surface area (Å²) in [6.45, 7) is 5.42. The lowest BCUT2D eigenvalue weighted by molar-refractivity contribution is 0.0808. The van der Waals surface area contributed by atoms with Crippen molar-refractivity contribution in [3.8, 4) is 5.75 Å². The molecule has 2 nitrogen and oxygen atoms in total. The van der Waals surface area contributed by atoms with Crippen LogP contribution in [0, 0.1) is 11.3 Å². The van der Waals surface area contributed by atoms with Gasteiger partial charge in [0, 0.05) is 11.5 Å². The minimum Gasteiger partial charge on any atom is -0.493 e. The zero-order valence-electron chi connectivity index (χ0n) is 10.7. The van der Waals surface area contributed by atoms with Crippen LogP contribution in [0.25, 0.3) is 0 Å². The Hall–Kier alpha value is -1.02. The van der Waals surface area contributed by atoms with Crippen LogP contribution in [0.1, 0.15) is 32.3 Å². The van der Waals surface area contributed by atoms with E-state index in [9.17, 15) is 0 Å². The highest BCUT2D eigenvalue weighted by molar-refractivity contribution is 5.35. The first-order chi connectivity index (χ1) is 8.03. The summed E-state index contributed by atoms with van der Waals surface area (Å²) in [5, 5.41) is 0. The molecule has 2 heteroatoms. The lowest BCUT2D eigenvalue weighted by Crippen LogP contribution is -2.48. The molecule has 1 atom stereocenters. The van der Waals surface area contributed by atoms with Gasteiger partial charge in [-0.25, -0.2) is 0 Å². The molecule has 1 unspecified atom stereocenters. The Bertz CT molecular complexity index is 434. The minimum absolute atomic E-state index is 0.0489. The van der Waals surface area contributed by atoms with Gasteiger partial charge in [-0.3, -0.25) is 0 Å². The molecular formula is C15H21NO. The van der Waals surface area contributed by atoms with Crippen LogP contribution in [-0.2, 0) is 6.42 Å². The molecule has 0 aromatic heterocycles. The van der Waals surface area contributed by atoms with E-state index in [1.165, 1.54) is 5.56 Å². The first-order valence-electron chi connectivity index (χ1n) is 6.52. The molecule has 1 heterocycles. The van der Waals surface area contributed by atoms with Crippen LogP contribution >= 0.6 is 0 Å². The van der Waals surface area contributed by atoms with Crippen LogP contribution in [-0.4, -0.2) is 12.1 Å². The molecular weight excluding hydrogens is 210 g/mol. The molecule has 0 bridgehead atoms. The van der Waals surface area contributed by atoms with E-state index in [1.54, 1.807) is 0 Å². The summed E-state index contributed by atoms with van der Waals surface area (Å²) in [6.07, 6.45) is 3.43. The second kappa shape index (κ2) is 3.49. The van der Waals surface area contributed by atoms with Crippen molar-refractivity contribution < 1.29 is 4.74 Å². The van der Waals surface area contributed by atoms with Gasteiger partial charge in [0.2, 0.25) is 0 Å². The molecule has 0 saturated heterocycles. The van der Waals surface area contributed by atoms with Crippen LogP contribution in [0.2, 0.25) is 0 Å². The number of ether oxygens (including phenoxy) is 1. The third-order valence-electron chi connectivity index (χ3n) is 4.97. The van der Waals surface area contributed by atoms with E-state index in [-0.39, 0.29) is 11.0 Å². The SMILES string of the molecule is CC(C)(C1COc2ccccc2C1)C1(N)CC1. The van der Waals surface area contributed by atoms with E-state index in [2.05, 4.69) is 32.0 Å². The standard InChI is InChI=1S/C15H21NO/c1-14(2,15(16)7-8-15)12-9-11-5-3-4-6-13(11)17-10-12/h3-6,12H,7-10,16H2,1-2H3. The zero-order chi connectivity index (χ0) is 12.1. The van der Waals surface area contributed by atoms with E-state index in [4.69, 9.17) is 10.5 Å². The largest absolute Gasteiger partial charge is 0.493 e. The predicted molar refractivity (Wildman–Crippen MR) is 69.1 cm³/mol. The van der Waals surface area contributed by atoms with Gasteiger partial charge in [0.25, 0.3) is 0 Å². The van der Waals surface area contributed by atoms with Crippen LogP contribution in [0.15, 0.2) is 24.3 Å². The molecule has 0 spiro atoms. The number of benzene rings is 1. The molecule has 1 saturated carbocycles. The summed E-state index contributed by atoms with van der Waals surface area (Å²) in [5.74, 6) is 1.59. The van der Waals surface area contributed by atoms with Gasteiger partial charge < -0.3 is 10.5 Å². The van der Waals surface area contributed by atoms with Crippen molar-refractivity contribution in [3.05, 3.63) is 29.8 Å². The lowest BCUT2D eigenvalue weighted by Gasteiger charge is -2.42. The van der Waals surface area contributed by atoms with E-state index < -0.39 is 0 Å². The first kappa shape index (κ1) is 11.1. The highest BCUT2D eigenvalue weighted by Crippen LogP contribution is 2.53. The highest BCUT2D eigenvalue weighted by Gasteiger charge is 2.55. The van der Waals surface area contributed by atoms with E-state index in [1.807, 2.05) is 6.07 Å². The molecule has 1 aliphatic heterocycles. The third kappa shape index (κ3) is 1.66. The van der Waals surface area contributed by atoms with Crippen molar-refractivity contribution in [2.45, 2.75) is 38.6 Å². The van der Waals surface area contributed by atoms with Gasteiger partial charge in [0.1, 0.15) is 5.75 Å². The molecule has 92 valence electrons. The highest BCUT2D eigenvalue weighted by atomic mass is 16.5. The fourth-order valence-corrected chi connectivity index (χ4v) is 2.98. The molecule has 1 fully saturated rings. The molecule has 1 aromatic carbocycles. The quantitative estimate of drug-likeness (QED) is 0.849. The van der Waals surface area contributed by atoms with Crippen molar-refractivity contribution in [1.82, 2.24) is 0 Å². The second-order valence-corrected chi connectivity index (χ2v) is 6.20. The normalized spacial score (nSPS) is 25.9. The summed E-state index contributed by atoms with van der Waals surface area (Å²) in [6, 6.07) is 8.37. The number of hydrogen-bond acceptors (Lipinski definition) is 2. The Balaban J connectivity index is 1.84. The molecule has 17 heavy (non-hydrogen) atoms. The van der Waals surface area contributed by atoms with Gasteiger partial charge in [-0.15, -0.1) is 0 Å². The maximum absolute atomic E-state index is 6.42. The Kier molecular flexibility index (Phi) is 2.27. The summed E-state index contributed by atoms with van der Waals surface area (Å²) in [4.78, 5) is 0. The van der Waals surface area contributed by atoms with Crippen molar-refractivity contribution in [3.63, 3.8) is 0 Å². The number of fused-ring (bicyclic) bond motifs is 1. The number of rotatable bonds is 2. The molecule has 1 aliphatic carbocycles. The second-order valence-electron chi connectivity index (χ2n) is 6.20. The average molecular weight is 231 g/mol. The summed E-state index contributed by atoms with van der Waals surface area (Å²) < 4.78 is 5.89. The zero-order valence-corrected chi connectivity index (χ0v) is 10.7. The predicted octanol–water partition coefficient (Wildman–Crippen LogP) is 2.76. The fraction of sp³-hybridized carbons (Fsp3) is 0.600. The molecule has 2 N–H and O–H groups in total.